The summed E-state index contributed by atoms with van der Waals surface area (Å²) >= 11 is 0. The predicted molar refractivity (Wildman–Crippen MR) is 78.8 cm³/mol. The van der Waals surface area contributed by atoms with Crippen LogP contribution in [0.15, 0.2) is 28.9 Å². The molecule has 112 valence electrons. The largest absolute Gasteiger partial charge is 0.396 e. The summed E-state index contributed by atoms with van der Waals surface area (Å²) in [6.07, 6.45) is 1.82. The van der Waals surface area contributed by atoms with Gasteiger partial charge in [0.25, 0.3) is 0 Å². The SMILES string of the molecule is Cc1noc(C)c1CN1C[C@@H](CO)[C@H](c2ccccn2)C1. The number of aliphatic hydroxyl groups is 1. The molecule has 1 fully saturated rings. The Morgan fingerprint density at radius 1 is 1.33 bits per heavy atom. The Morgan fingerprint density at radius 3 is 2.81 bits per heavy atom. The highest BCUT2D eigenvalue weighted by atomic mass is 16.5. The molecule has 0 aromatic carbocycles. The molecule has 0 bridgehead atoms. The molecule has 0 amide bonds. The molecule has 1 saturated heterocycles. The van der Waals surface area contributed by atoms with E-state index in [1.54, 1.807) is 0 Å². The van der Waals surface area contributed by atoms with Gasteiger partial charge in [-0.3, -0.25) is 9.88 Å². The summed E-state index contributed by atoms with van der Waals surface area (Å²) in [4.78, 5) is 6.81. The quantitative estimate of drug-likeness (QED) is 0.930. The summed E-state index contributed by atoms with van der Waals surface area (Å²) in [5.74, 6) is 1.41. The number of aryl methyl sites for hydroxylation is 2. The van der Waals surface area contributed by atoms with Gasteiger partial charge in [0.1, 0.15) is 5.76 Å². The van der Waals surface area contributed by atoms with Crippen LogP contribution in [0.2, 0.25) is 0 Å². The highest BCUT2D eigenvalue weighted by Gasteiger charge is 2.34. The second-order valence-corrected chi connectivity index (χ2v) is 5.80. The molecule has 21 heavy (non-hydrogen) atoms. The van der Waals surface area contributed by atoms with Gasteiger partial charge in [0.2, 0.25) is 0 Å². The van der Waals surface area contributed by atoms with Crippen LogP contribution >= 0.6 is 0 Å². The third-order valence-electron chi connectivity index (χ3n) is 4.38. The van der Waals surface area contributed by atoms with Gasteiger partial charge in [-0.05, 0) is 26.0 Å². The van der Waals surface area contributed by atoms with E-state index in [1.165, 1.54) is 0 Å². The molecule has 1 N–H and O–H groups in total. The van der Waals surface area contributed by atoms with Gasteiger partial charge in [0.15, 0.2) is 0 Å². The second-order valence-electron chi connectivity index (χ2n) is 5.80. The Hall–Kier alpha value is -1.72. The molecule has 3 heterocycles. The van der Waals surface area contributed by atoms with Gasteiger partial charge in [-0.25, -0.2) is 0 Å². The molecule has 5 nitrogen and oxygen atoms in total. The molecule has 0 aliphatic carbocycles. The highest BCUT2D eigenvalue weighted by molar-refractivity contribution is 5.21. The smallest absolute Gasteiger partial charge is 0.138 e. The number of hydrogen-bond acceptors (Lipinski definition) is 5. The summed E-state index contributed by atoms with van der Waals surface area (Å²) in [5, 5.41) is 13.7. The highest BCUT2D eigenvalue weighted by Crippen LogP contribution is 2.32. The first-order valence-corrected chi connectivity index (χ1v) is 7.35. The topological polar surface area (TPSA) is 62.4 Å². The summed E-state index contributed by atoms with van der Waals surface area (Å²) in [6, 6.07) is 5.98. The summed E-state index contributed by atoms with van der Waals surface area (Å²) in [7, 11) is 0. The first-order valence-electron chi connectivity index (χ1n) is 7.35. The molecule has 3 rings (SSSR count). The first kappa shape index (κ1) is 14.2. The molecule has 2 aromatic rings. The maximum Gasteiger partial charge on any atom is 0.138 e. The molecule has 5 heteroatoms. The molecule has 1 aliphatic heterocycles. The van der Waals surface area contributed by atoms with Crippen LogP contribution in [-0.2, 0) is 6.54 Å². The van der Waals surface area contributed by atoms with Gasteiger partial charge in [-0.2, -0.15) is 0 Å². The van der Waals surface area contributed by atoms with Crippen molar-refractivity contribution in [2.75, 3.05) is 19.7 Å². The van der Waals surface area contributed by atoms with Gasteiger partial charge >= 0.3 is 0 Å². The van der Waals surface area contributed by atoms with E-state index >= 15 is 0 Å². The van der Waals surface area contributed by atoms with E-state index in [-0.39, 0.29) is 18.4 Å². The molecule has 2 atom stereocenters. The molecule has 2 aromatic heterocycles. The Balaban J connectivity index is 1.75. The summed E-state index contributed by atoms with van der Waals surface area (Å²) in [6.45, 7) is 6.72. The van der Waals surface area contributed by atoms with Gasteiger partial charge in [-0.15, -0.1) is 0 Å². The van der Waals surface area contributed by atoms with Gasteiger partial charge in [0.05, 0.1) is 5.69 Å². The van der Waals surface area contributed by atoms with Crippen molar-refractivity contribution in [1.82, 2.24) is 15.0 Å². The number of likely N-dealkylation sites (tertiary alicyclic amines) is 1. The van der Waals surface area contributed by atoms with Crippen molar-refractivity contribution in [3.63, 3.8) is 0 Å². The standard InChI is InChI=1S/C16H21N3O2/c1-11-14(12(2)21-18-11)8-19-7-13(10-20)15(9-19)16-5-3-4-6-17-16/h3-6,13,15,20H,7-10H2,1-2H3/t13-,15+/m0/s1. The zero-order chi connectivity index (χ0) is 14.8. The van der Waals surface area contributed by atoms with E-state index in [0.29, 0.717) is 0 Å². The summed E-state index contributed by atoms with van der Waals surface area (Å²) in [5.41, 5.74) is 3.18. The molecular weight excluding hydrogens is 266 g/mol. The van der Waals surface area contributed by atoms with Crippen LogP contribution in [0.3, 0.4) is 0 Å². The Morgan fingerprint density at radius 2 is 2.19 bits per heavy atom. The molecule has 1 aliphatic rings. The average molecular weight is 287 g/mol. The second kappa shape index (κ2) is 5.95. The monoisotopic (exact) mass is 287 g/mol. The Bertz CT molecular complexity index is 577. The fourth-order valence-corrected chi connectivity index (χ4v) is 3.16. The molecule has 0 spiro atoms. The van der Waals surface area contributed by atoms with Crippen molar-refractivity contribution < 1.29 is 9.63 Å². The van der Waals surface area contributed by atoms with E-state index in [9.17, 15) is 5.11 Å². The van der Waals surface area contributed by atoms with Crippen molar-refractivity contribution in [2.24, 2.45) is 5.92 Å². The number of pyridine rings is 1. The van der Waals surface area contributed by atoms with Crippen LogP contribution < -0.4 is 0 Å². The van der Waals surface area contributed by atoms with Gasteiger partial charge in [-0.1, -0.05) is 11.2 Å². The molecule has 0 radical (unpaired) electrons. The van der Waals surface area contributed by atoms with Crippen molar-refractivity contribution in [1.29, 1.82) is 0 Å². The maximum atomic E-state index is 9.67. The lowest BCUT2D eigenvalue weighted by Gasteiger charge is -2.15. The van der Waals surface area contributed by atoms with Gasteiger partial charge in [0, 0.05) is 55.5 Å². The van der Waals surface area contributed by atoms with Crippen LogP contribution in [0.5, 0.6) is 0 Å². The van der Waals surface area contributed by atoms with Crippen LogP contribution in [-0.4, -0.2) is 39.8 Å². The fourth-order valence-electron chi connectivity index (χ4n) is 3.16. The van der Waals surface area contributed by atoms with Crippen LogP contribution in [0.4, 0.5) is 0 Å². The van der Waals surface area contributed by atoms with Crippen molar-refractivity contribution in [3.05, 3.63) is 47.1 Å². The average Bonchev–Trinajstić information content (AvgIpc) is 3.06. The van der Waals surface area contributed by atoms with E-state index < -0.39 is 0 Å². The third-order valence-corrected chi connectivity index (χ3v) is 4.38. The minimum atomic E-state index is 0.194. The van der Waals surface area contributed by atoms with Crippen LogP contribution in [0.1, 0.15) is 28.6 Å². The van der Waals surface area contributed by atoms with Crippen LogP contribution in [0, 0.1) is 19.8 Å². The minimum absolute atomic E-state index is 0.194. The number of aromatic nitrogens is 2. The first-order chi connectivity index (χ1) is 10.2. The predicted octanol–water partition coefficient (Wildman–Crippen LogP) is 1.89. The lowest BCUT2D eigenvalue weighted by molar-refractivity contribution is 0.213. The molecule has 0 unspecified atom stereocenters. The number of rotatable bonds is 4. The zero-order valence-corrected chi connectivity index (χ0v) is 12.5. The van der Waals surface area contributed by atoms with Crippen LogP contribution in [0.25, 0.3) is 0 Å². The van der Waals surface area contributed by atoms with Crippen molar-refractivity contribution in [2.45, 2.75) is 26.3 Å². The summed E-state index contributed by atoms with van der Waals surface area (Å²) < 4.78 is 5.23. The lowest BCUT2D eigenvalue weighted by Crippen LogP contribution is -2.21. The Kier molecular flexibility index (Phi) is 4.03. The lowest BCUT2D eigenvalue weighted by atomic mass is 9.93. The fraction of sp³-hybridized carbons (Fsp3) is 0.500. The van der Waals surface area contributed by atoms with Crippen molar-refractivity contribution >= 4 is 0 Å². The number of aliphatic hydroxyl groups excluding tert-OH is 1. The van der Waals surface area contributed by atoms with E-state index in [0.717, 1.165) is 42.3 Å². The number of nitrogens with zero attached hydrogens (tertiary/aromatic N) is 3. The van der Waals surface area contributed by atoms with Gasteiger partial charge < -0.3 is 9.63 Å². The number of hydrogen-bond donors (Lipinski definition) is 1. The van der Waals surface area contributed by atoms with E-state index in [1.807, 2.05) is 38.2 Å². The molecular formula is C16H21N3O2. The maximum absolute atomic E-state index is 9.67. The zero-order valence-electron chi connectivity index (χ0n) is 12.5. The third kappa shape index (κ3) is 2.84. The van der Waals surface area contributed by atoms with Crippen molar-refractivity contribution in [3.8, 4) is 0 Å². The van der Waals surface area contributed by atoms with E-state index in [2.05, 4.69) is 15.0 Å². The Labute approximate surface area is 124 Å². The normalized spacial score (nSPS) is 22.8. The van der Waals surface area contributed by atoms with E-state index in [4.69, 9.17) is 4.52 Å². The molecule has 0 saturated carbocycles. The minimum Gasteiger partial charge on any atom is -0.396 e.